The molecular weight excluding hydrogens is 393 g/mol. The number of carbonyl (C=O) groups excluding carboxylic acids is 1. The molecule has 1 aliphatic rings. The number of hydrogen-bond acceptors (Lipinski definition) is 4. The summed E-state index contributed by atoms with van der Waals surface area (Å²) in [4.78, 5) is 19.8. The molecule has 0 atom stereocenters. The van der Waals surface area contributed by atoms with Crippen LogP contribution in [0.5, 0.6) is 0 Å². The summed E-state index contributed by atoms with van der Waals surface area (Å²) in [5.74, 6) is -0.561. The molecule has 0 spiro atoms. The molecular formula is C24H30FN5O. The molecule has 3 heterocycles. The number of amides is 1. The van der Waals surface area contributed by atoms with Gasteiger partial charge in [-0.05, 0) is 44.1 Å². The zero-order valence-electron chi connectivity index (χ0n) is 18.5. The highest BCUT2D eigenvalue weighted by Gasteiger charge is 2.21. The quantitative estimate of drug-likeness (QED) is 0.673. The van der Waals surface area contributed by atoms with Crippen molar-refractivity contribution in [2.45, 2.75) is 45.4 Å². The third-order valence-electron chi connectivity index (χ3n) is 5.71. The highest BCUT2D eigenvalue weighted by atomic mass is 19.1. The van der Waals surface area contributed by atoms with Crippen LogP contribution >= 0.6 is 0 Å². The second-order valence-corrected chi connectivity index (χ2v) is 9.24. The van der Waals surface area contributed by atoms with E-state index in [0.717, 1.165) is 25.3 Å². The van der Waals surface area contributed by atoms with Gasteiger partial charge >= 0.3 is 0 Å². The number of benzene rings is 1. The molecule has 164 valence electrons. The summed E-state index contributed by atoms with van der Waals surface area (Å²) < 4.78 is 15.6. The van der Waals surface area contributed by atoms with Crippen LogP contribution in [0.2, 0.25) is 0 Å². The van der Waals surface area contributed by atoms with Crippen LogP contribution in [-0.2, 0) is 5.41 Å². The molecule has 0 bridgehead atoms. The van der Waals surface area contributed by atoms with Gasteiger partial charge in [-0.3, -0.25) is 4.79 Å². The van der Waals surface area contributed by atoms with Crippen LogP contribution in [-0.4, -0.2) is 51.6 Å². The van der Waals surface area contributed by atoms with Gasteiger partial charge in [0.1, 0.15) is 11.5 Å². The zero-order valence-corrected chi connectivity index (χ0v) is 18.5. The molecule has 0 radical (unpaired) electrons. The number of aromatic nitrogens is 3. The third kappa shape index (κ3) is 4.93. The van der Waals surface area contributed by atoms with E-state index in [-0.39, 0.29) is 17.1 Å². The predicted molar refractivity (Wildman–Crippen MR) is 120 cm³/mol. The summed E-state index contributed by atoms with van der Waals surface area (Å²) in [6, 6.07) is 9.91. The van der Waals surface area contributed by atoms with E-state index in [1.807, 2.05) is 12.1 Å². The topological polar surface area (TPSA) is 62.5 Å². The third-order valence-corrected chi connectivity index (χ3v) is 5.71. The molecule has 0 aliphatic carbocycles. The first-order chi connectivity index (χ1) is 14.8. The van der Waals surface area contributed by atoms with Gasteiger partial charge in [0.25, 0.3) is 5.91 Å². The molecule has 1 aromatic carbocycles. The molecule has 3 aromatic rings. The minimum Gasteiger partial charge on any atom is -0.349 e. The maximum atomic E-state index is 13.9. The molecule has 6 nitrogen and oxygen atoms in total. The molecule has 1 amide bonds. The normalized spacial score (nSPS) is 15.4. The molecule has 0 saturated carbocycles. The summed E-state index contributed by atoms with van der Waals surface area (Å²) in [5, 5.41) is 7.70. The highest BCUT2D eigenvalue weighted by Crippen LogP contribution is 2.26. The Hall–Kier alpha value is -2.80. The molecule has 31 heavy (non-hydrogen) atoms. The SMILES string of the molecule is CC(C)(C)c1cc2nc(C(=O)NCCN3CCCCC3)cc(-c3cccc(F)c3)n2n1. The van der Waals surface area contributed by atoms with E-state index in [4.69, 9.17) is 5.10 Å². The number of fused-ring (bicyclic) bond motifs is 1. The minimum absolute atomic E-state index is 0.177. The largest absolute Gasteiger partial charge is 0.349 e. The Bertz CT molecular complexity index is 1080. The van der Waals surface area contributed by atoms with Crippen molar-refractivity contribution in [2.75, 3.05) is 26.2 Å². The average molecular weight is 424 g/mol. The summed E-state index contributed by atoms with van der Waals surface area (Å²) >= 11 is 0. The fourth-order valence-corrected chi connectivity index (χ4v) is 3.91. The Balaban J connectivity index is 1.64. The van der Waals surface area contributed by atoms with Crippen molar-refractivity contribution in [3.8, 4) is 11.3 Å². The molecule has 0 unspecified atom stereocenters. The van der Waals surface area contributed by atoms with Crippen molar-refractivity contribution in [1.29, 1.82) is 0 Å². The van der Waals surface area contributed by atoms with Gasteiger partial charge in [-0.25, -0.2) is 13.9 Å². The lowest BCUT2D eigenvalue weighted by atomic mass is 9.93. The Morgan fingerprint density at radius 3 is 2.61 bits per heavy atom. The summed E-state index contributed by atoms with van der Waals surface area (Å²) in [7, 11) is 0. The molecule has 2 aromatic heterocycles. The molecule has 1 aliphatic heterocycles. The van der Waals surface area contributed by atoms with Crippen molar-refractivity contribution < 1.29 is 9.18 Å². The van der Waals surface area contributed by atoms with Gasteiger partial charge in [0, 0.05) is 30.1 Å². The first-order valence-electron chi connectivity index (χ1n) is 11.0. The van der Waals surface area contributed by atoms with Crippen LogP contribution in [0.3, 0.4) is 0 Å². The molecule has 1 N–H and O–H groups in total. The second kappa shape index (κ2) is 8.75. The molecule has 1 saturated heterocycles. The van der Waals surface area contributed by atoms with Crippen LogP contribution in [0, 0.1) is 5.82 Å². The van der Waals surface area contributed by atoms with E-state index in [1.165, 1.54) is 31.4 Å². The lowest BCUT2D eigenvalue weighted by molar-refractivity contribution is 0.0941. The van der Waals surface area contributed by atoms with Gasteiger partial charge in [-0.1, -0.05) is 39.3 Å². The Morgan fingerprint density at radius 1 is 1.13 bits per heavy atom. The van der Waals surface area contributed by atoms with Crippen molar-refractivity contribution in [1.82, 2.24) is 24.8 Å². The molecule has 4 rings (SSSR count). The fraction of sp³-hybridized carbons (Fsp3) is 0.458. The van der Waals surface area contributed by atoms with E-state index in [2.05, 4.69) is 36.0 Å². The monoisotopic (exact) mass is 423 g/mol. The van der Waals surface area contributed by atoms with E-state index in [1.54, 1.807) is 16.6 Å². The lowest BCUT2D eigenvalue weighted by Crippen LogP contribution is -2.37. The number of carbonyl (C=O) groups is 1. The zero-order chi connectivity index (χ0) is 22.0. The van der Waals surface area contributed by atoms with Crippen LogP contribution in [0.15, 0.2) is 36.4 Å². The van der Waals surface area contributed by atoms with Crippen molar-refractivity contribution in [3.63, 3.8) is 0 Å². The van der Waals surface area contributed by atoms with Crippen molar-refractivity contribution >= 4 is 11.6 Å². The second-order valence-electron chi connectivity index (χ2n) is 9.24. The first-order valence-corrected chi connectivity index (χ1v) is 11.0. The number of rotatable bonds is 5. The number of piperidine rings is 1. The lowest BCUT2D eigenvalue weighted by Gasteiger charge is -2.26. The van der Waals surface area contributed by atoms with Crippen molar-refractivity contribution in [2.24, 2.45) is 0 Å². The summed E-state index contributed by atoms with van der Waals surface area (Å²) in [6.07, 6.45) is 3.73. The fourth-order valence-electron chi connectivity index (χ4n) is 3.91. The maximum absolute atomic E-state index is 13.9. The van der Waals surface area contributed by atoms with E-state index < -0.39 is 0 Å². The summed E-state index contributed by atoms with van der Waals surface area (Å²) in [5.41, 5.74) is 2.86. The van der Waals surface area contributed by atoms with Gasteiger partial charge in [0.15, 0.2) is 5.65 Å². The van der Waals surface area contributed by atoms with Crippen LogP contribution in [0.1, 0.15) is 56.2 Å². The number of likely N-dealkylation sites (tertiary alicyclic amines) is 1. The van der Waals surface area contributed by atoms with Crippen LogP contribution in [0.4, 0.5) is 4.39 Å². The van der Waals surface area contributed by atoms with Gasteiger partial charge in [0.05, 0.1) is 11.4 Å². The Morgan fingerprint density at radius 2 is 1.90 bits per heavy atom. The summed E-state index contributed by atoms with van der Waals surface area (Å²) in [6.45, 7) is 9.82. The smallest absolute Gasteiger partial charge is 0.270 e. The number of hydrogen-bond donors (Lipinski definition) is 1. The van der Waals surface area contributed by atoms with E-state index >= 15 is 0 Å². The predicted octanol–water partition coefficient (Wildman–Crippen LogP) is 4.05. The molecule has 1 fully saturated rings. The van der Waals surface area contributed by atoms with Crippen molar-refractivity contribution in [3.05, 3.63) is 53.6 Å². The Kier molecular flexibility index (Phi) is 6.05. The highest BCUT2D eigenvalue weighted by molar-refractivity contribution is 5.94. The number of halogens is 1. The van der Waals surface area contributed by atoms with E-state index in [0.29, 0.717) is 29.1 Å². The van der Waals surface area contributed by atoms with E-state index in [9.17, 15) is 9.18 Å². The van der Waals surface area contributed by atoms with Gasteiger partial charge in [-0.15, -0.1) is 0 Å². The van der Waals surface area contributed by atoms with Gasteiger partial charge < -0.3 is 10.2 Å². The average Bonchev–Trinajstić information content (AvgIpc) is 3.18. The standard InChI is InChI=1S/C24H30FN5O/c1-24(2,3)21-16-22-27-19(23(31)26-10-13-29-11-5-4-6-12-29)15-20(30(22)28-21)17-8-7-9-18(25)14-17/h7-9,14-16H,4-6,10-13H2,1-3H3,(H,26,31). The number of nitrogens with zero attached hydrogens (tertiary/aromatic N) is 4. The molecule has 7 heteroatoms. The number of nitrogens with one attached hydrogen (secondary N) is 1. The minimum atomic E-state index is -0.335. The van der Waals surface area contributed by atoms with Crippen LogP contribution in [0.25, 0.3) is 16.9 Å². The van der Waals surface area contributed by atoms with Crippen LogP contribution < -0.4 is 5.32 Å². The first kappa shape index (κ1) is 21.4. The Labute approximate surface area is 182 Å². The maximum Gasteiger partial charge on any atom is 0.270 e. The van der Waals surface area contributed by atoms with Gasteiger partial charge in [-0.2, -0.15) is 5.10 Å². The van der Waals surface area contributed by atoms with Gasteiger partial charge in [0.2, 0.25) is 0 Å².